The SMILES string of the molecule is Cc1noc(C)c1C(=O)Nc1ccc2c(c1)CCN2.Cl. The quantitative estimate of drug-likeness (QED) is 0.893. The average Bonchev–Trinajstić information content (AvgIpc) is 2.95. The van der Waals surface area contributed by atoms with E-state index in [9.17, 15) is 4.79 Å². The van der Waals surface area contributed by atoms with Gasteiger partial charge >= 0.3 is 0 Å². The van der Waals surface area contributed by atoms with Crippen LogP contribution in [-0.4, -0.2) is 17.6 Å². The summed E-state index contributed by atoms with van der Waals surface area (Å²) in [5.74, 6) is 0.361. The molecule has 0 fully saturated rings. The third-order valence-corrected chi connectivity index (χ3v) is 3.33. The number of halogens is 1. The van der Waals surface area contributed by atoms with Gasteiger partial charge in [0.1, 0.15) is 11.3 Å². The van der Waals surface area contributed by atoms with Gasteiger partial charge in [-0.05, 0) is 44.0 Å². The van der Waals surface area contributed by atoms with Crippen molar-refractivity contribution in [3.05, 3.63) is 40.8 Å². The third kappa shape index (κ3) is 2.49. The van der Waals surface area contributed by atoms with Gasteiger partial charge in [-0.1, -0.05) is 5.16 Å². The predicted molar refractivity (Wildman–Crippen MR) is 79.8 cm³/mol. The molecule has 6 heteroatoms. The topological polar surface area (TPSA) is 67.2 Å². The van der Waals surface area contributed by atoms with Gasteiger partial charge in [0.2, 0.25) is 0 Å². The first-order chi connectivity index (χ1) is 9.15. The highest BCUT2D eigenvalue weighted by Gasteiger charge is 2.18. The van der Waals surface area contributed by atoms with Crippen molar-refractivity contribution in [1.82, 2.24) is 5.16 Å². The number of carbonyl (C=O) groups is 1. The Bertz CT molecular complexity index is 632. The second-order valence-corrected chi connectivity index (χ2v) is 4.70. The van der Waals surface area contributed by atoms with Crippen molar-refractivity contribution in [2.24, 2.45) is 0 Å². The van der Waals surface area contributed by atoms with Gasteiger partial charge in [-0.3, -0.25) is 4.79 Å². The van der Waals surface area contributed by atoms with Gasteiger partial charge in [0.15, 0.2) is 0 Å². The first-order valence-electron chi connectivity index (χ1n) is 6.26. The van der Waals surface area contributed by atoms with Crippen molar-refractivity contribution < 1.29 is 9.32 Å². The summed E-state index contributed by atoms with van der Waals surface area (Å²) in [5, 5.41) is 9.97. The number of aryl methyl sites for hydroxylation is 2. The lowest BCUT2D eigenvalue weighted by molar-refractivity contribution is 0.102. The summed E-state index contributed by atoms with van der Waals surface area (Å²) < 4.78 is 5.01. The maximum atomic E-state index is 12.2. The molecule has 0 radical (unpaired) electrons. The zero-order chi connectivity index (χ0) is 13.4. The van der Waals surface area contributed by atoms with Crippen LogP contribution in [-0.2, 0) is 6.42 Å². The Hall–Kier alpha value is -2.01. The van der Waals surface area contributed by atoms with E-state index in [4.69, 9.17) is 4.52 Å². The number of hydrogen-bond acceptors (Lipinski definition) is 4. The van der Waals surface area contributed by atoms with Crippen molar-refractivity contribution in [3.8, 4) is 0 Å². The normalized spacial score (nSPS) is 12.3. The number of aromatic nitrogens is 1. The summed E-state index contributed by atoms with van der Waals surface area (Å²) in [7, 11) is 0. The molecule has 1 aliphatic heterocycles. The number of benzene rings is 1. The minimum absolute atomic E-state index is 0. The molecular weight excluding hydrogens is 278 g/mol. The van der Waals surface area contributed by atoms with Crippen molar-refractivity contribution in [3.63, 3.8) is 0 Å². The number of nitrogens with zero attached hydrogens (tertiary/aromatic N) is 1. The highest BCUT2D eigenvalue weighted by Crippen LogP contribution is 2.25. The Balaban J connectivity index is 0.00000147. The molecule has 0 bridgehead atoms. The molecule has 0 spiro atoms. The van der Waals surface area contributed by atoms with Crippen LogP contribution in [0.4, 0.5) is 11.4 Å². The van der Waals surface area contributed by atoms with Gasteiger partial charge in [0, 0.05) is 17.9 Å². The minimum Gasteiger partial charge on any atom is -0.384 e. The van der Waals surface area contributed by atoms with Gasteiger partial charge < -0.3 is 15.2 Å². The van der Waals surface area contributed by atoms with E-state index in [-0.39, 0.29) is 18.3 Å². The van der Waals surface area contributed by atoms with Crippen molar-refractivity contribution >= 4 is 29.7 Å². The maximum Gasteiger partial charge on any atom is 0.261 e. The summed E-state index contributed by atoms with van der Waals surface area (Å²) >= 11 is 0. The Morgan fingerprint density at radius 3 is 2.90 bits per heavy atom. The number of nitrogens with one attached hydrogen (secondary N) is 2. The lowest BCUT2D eigenvalue weighted by Crippen LogP contribution is -2.13. The van der Waals surface area contributed by atoms with Crippen molar-refractivity contribution in [2.75, 3.05) is 17.2 Å². The number of anilines is 2. The maximum absolute atomic E-state index is 12.2. The van der Waals surface area contributed by atoms with Gasteiger partial charge in [0.05, 0.1) is 5.69 Å². The molecule has 0 atom stereocenters. The molecule has 1 amide bonds. The molecule has 2 N–H and O–H groups in total. The van der Waals surface area contributed by atoms with E-state index in [1.165, 1.54) is 5.56 Å². The molecule has 0 unspecified atom stereocenters. The first kappa shape index (κ1) is 14.4. The fraction of sp³-hybridized carbons (Fsp3) is 0.286. The van der Waals surface area contributed by atoms with E-state index in [1.807, 2.05) is 18.2 Å². The molecule has 0 saturated heterocycles. The summed E-state index contributed by atoms with van der Waals surface area (Å²) in [6.07, 6.45) is 0.990. The summed E-state index contributed by atoms with van der Waals surface area (Å²) in [6, 6.07) is 5.89. The number of hydrogen-bond donors (Lipinski definition) is 2. The molecule has 1 aromatic heterocycles. The van der Waals surface area contributed by atoms with Crippen LogP contribution in [0.2, 0.25) is 0 Å². The van der Waals surface area contributed by atoms with E-state index in [0.717, 1.165) is 24.3 Å². The highest BCUT2D eigenvalue weighted by atomic mass is 35.5. The molecule has 106 valence electrons. The number of carbonyl (C=O) groups excluding carboxylic acids is 1. The van der Waals surface area contributed by atoms with Crippen LogP contribution in [0.15, 0.2) is 22.7 Å². The van der Waals surface area contributed by atoms with Crippen LogP contribution >= 0.6 is 12.4 Å². The van der Waals surface area contributed by atoms with E-state index < -0.39 is 0 Å². The molecule has 2 aromatic rings. The molecule has 1 aromatic carbocycles. The van der Waals surface area contributed by atoms with Gasteiger partial charge in [0.25, 0.3) is 5.91 Å². The summed E-state index contributed by atoms with van der Waals surface area (Å²) in [5.41, 5.74) is 4.30. The summed E-state index contributed by atoms with van der Waals surface area (Å²) in [4.78, 5) is 12.2. The smallest absolute Gasteiger partial charge is 0.261 e. The zero-order valence-corrected chi connectivity index (χ0v) is 12.1. The van der Waals surface area contributed by atoms with Crippen molar-refractivity contribution in [2.45, 2.75) is 20.3 Å². The van der Waals surface area contributed by atoms with Gasteiger partial charge in [-0.25, -0.2) is 0 Å². The standard InChI is InChI=1S/C14H15N3O2.ClH/c1-8-13(9(2)19-17-8)14(18)16-11-3-4-12-10(7-11)5-6-15-12;/h3-4,7,15H,5-6H2,1-2H3,(H,16,18);1H. The monoisotopic (exact) mass is 293 g/mol. The van der Waals surface area contributed by atoms with Crippen LogP contribution in [0.3, 0.4) is 0 Å². The summed E-state index contributed by atoms with van der Waals surface area (Å²) in [6.45, 7) is 4.45. The van der Waals surface area contributed by atoms with E-state index in [2.05, 4.69) is 15.8 Å². The number of fused-ring (bicyclic) bond motifs is 1. The highest BCUT2D eigenvalue weighted by molar-refractivity contribution is 6.05. The first-order valence-corrected chi connectivity index (χ1v) is 6.26. The van der Waals surface area contributed by atoms with E-state index >= 15 is 0 Å². The molecule has 1 aliphatic rings. The lowest BCUT2D eigenvalue weighted by Gasteiger charge is -2.07. The Morgan fingerprint density at radius 1 is 1.40 bits per heavy atom. The molecule has 2 heterocycles. The average molecular weight is 294 g/mol. The van der Waals surface area contributed by atoms with E-state index in [0.29, 0.717) is 17.0 Å². The molecule has 20 heavy (non-hydrogen) atoms. The van der Waals surface area contributed by atoms with Crippen LogP contribution in [0.25, 0.3) is 0 Å². The third-order valence-electron chi connectivity index (χ3n) is 3.33. The predicted octanol–water partition coefficient (Wildman–Crippen LogP) is 2.93. The fourth-order valence-electron chi connectivity index (χ4n) is 2.38. The second kappa shape index (κ2) is 5.54. The molecule has 3 rings (SSSR count). The molecular formula is C14H16ClN3O2. The van der Waals surface area contributed by atoms with Gasteiger partial charge in [-0.15, -0.1) is 12.4 Å². The van der Waals surface area contributed by atoms with E-state index in [1.54, 1.807) is 13.8 Å². The molecule has 0 aliphatic carbocycles. The zero-order valence-electron chi connectivity index (χ0n) is 11.3. The fourth-order valence-corrected chi connectivity index (χ4v) is 2.38. The van der Waals surface area contributed by atoms with Crippen LogP contribution in [0.1, 0.15) is 27.4 Å². The Kier molecular flexibility index (Phi) is 3.99. The second-order valence-electron chi connectivity index (χ2n) is 4.70. The largest absolute Gasteiger partial charge is 0.384 e. The molecule has 5 nitrogen and oxygen atoms in total. The number of amides is 1. The Labute approximate surface area is 123 Å². The lowest BCUT2D eigenvalue weighted by atomic mass is 10.1. The van der Waals surface area contributed by atoms with Crippen LogP contribution in [0, 0.1) is 13.8 Å². The number of rotatable bonds is 2. The minimum atomic E-state index is -0.179. The van der Waals surface area contributed by atoms with Crippen LogP contribution in [0.5, 0.6) is 0 Å². The Morgan fingerprint density at radius 2 is 2.20 bits per heavy atom. The van der Waals surface area contributed by atoms with Crippen molar-refractivity contribution in [1.29, 1.82) is 0 Å². The van der Waals surface area contributed by atoms with Gasteiger partial charge in [-0.2, -0.15) is 0 Å². The molecule has 0 saturated carbocycles. The van der Waals surface area contributed by atoms with Crippen LogP contribution < -0.4 is 10.6 Å².